The molecule has 2 aromatic carbocycles. The van der Waals surface area contributed by atoms with Crippen molar-refractivity contribution >= 4 is 23.2 Å². The lowest BCUT2D eigenvalue weighted by atomic mass is 10.1. The maximum absolute atomic E-state index is 13.7. The van der Waals surface area contributed by atoms with Crippen LogP contribution in [0.3, 0.4) is 0 Å². The molecule has 0 radical (unpaired) electrons. The van der Waals surface area contributed by atoms with Gasteiger partial charge in [-0.3, -0.25) is 9.59 Å². The largest absolute Gasteiger partial charge is 0.492 e. The fraction of sp³-hybridized carbons (Fsp3) is 0.263. The lowest BCUT2D eigenvalue weighted by molar-refractivity contribution is -0.122. The van der Waals surface area contributed by atoms with Crippen molar-refractivity contribution < 1.29 is 23.1 Å². The van der Waals surface area contributed by atoms with Gasteiger partial charge >= 0.3 is 0 Å². The first-order valence-corrected chi connectivity index (χ1v) is 8.27. The van der Waals surface area contributed by atoms with E-state index in [1.165, 1.54) is 4.90 Å². The Hall–Kier alpha value is -2.96. The summed E-state index contributed by atoms with van der Waals surface area (Å²) in [6.07, 6.45) is -0.0107. The number of rotatable bonds is 5. The van der Waals surface area contributed by atoms with Crippen LogP contribution in [0.5, 0.6) is 5.75 Å². The van der Waals surface area contributed by atoms with Gasteiger partial charge in [-0.1, -0.05) is 12.1 Å². The van der Waals surface area contributed by atoms with Crippen LogP contribution in [0.2, 0.25) is 0 Å². The Morgan fingerprint density at radius 3 is 2.81 bits per heavy atom. The first-order chi connectivity index (χ1) is 12.5. The molecule has 1 atom stereocenters. The Morgan fingerprint density at radius 1 is 1.27 bits per heavy atom. The Kier molecular flexibility index (Phi) is 5.16. The summed E-state index contributed by atoms with van der Waals surface area (Å²) in [5.41, 5.74) is 0.349. The third kappa shape index (κ3) is 3.66. The zero-order valence-electron chi connectivity index (χ0n) is 14.2. The van der Waals surface area contributed by atoms with Crippen molar-refractivity contribution in [2.24, 2.45) is 5.92 Å². The highest BCUT2D eigenvalue weighted by atomic mass is 19.1. The summed E-state index contributed by atoms with van der Waals surface area (Å²) in [4.78, 5) is 26.3. The lowest BCUT2D eigenvalue weighted by Gasteiger charge is -2.20. The molecule has 1 saturated heterocycles. The zero-order valence-corrected chi connectivity index (χ0v) is 14.2. The second-order valence-corrected chi connectivity index (χ2v) is 5.92. The number of ether oxygens (including phenoxy) is 1. The molecule has 136 valence electrons. The van der Waals surface area contributed by atoms with E-state index in [4.69, 9.17) is 4.74 Å². The number of carbonyl (C=O) groups is 2. The highest BCUT2D eigenvalue weighted by Crippen LogP contribution is 2.33. The van der Waals surface area contributed by atoms with E-state index in [-0.39, 0.29) is 24.6 Å². The van der Waals surface area contributed by atoms with Crippen LogP contribution in [-0.2, 0) is 9.59 Å². The van der Waals surface area contributed by atoms with Crippen LogP contribution >= 0.6 is 0 Å². The van der Waals surface area contributed by atoms with Gasteiger partial charge < -0.3 is 15.0 Å². The molecule has 1 aliphatic heterocycles. The highest BCUT2D eigenvalue weighted by molar-refractivity contribution is 6.04. The summed E-state index contributed by atoms with van der Waals surface area (Å²) in [7, 11) is 0. The smallest absolute Gasteiger partial charge is 0.229 e. The van der Waals surface area contributed by atoms with E-state index in [0.717, 1.165) is 18.2 Å². The van der Waals surface area contributed by atoms with Crippen molar-refractivity contribution in [3.63, 3.8) is 0 Å². The Morgan fingerprint density at radius 2 is 2.04 bits per heavy atom. The van der Waals surface area contributed by atoms with Gasteiger partial charge in [-0.15, -0.1) is 0 Å². The number of carbonyl (C=O) groups excluding carboxylic acids is 2. The quantitative estimate of drug-likeness (QED) is 0.890. The van der Waals surface area contributed by atoms with Crippen molar-refractivity contribution in [1.29, 1.82) is 0 Å². The lowest BCUT2D eigenvalue weighted by Crippen LogP contribution is -2.28. The molecule has 7 heteroatoms. The van der Waals surface area contributed by atoms with Gasteiger partial charge in [0.15, 0.2) is 0 Å². The minimum absolute atomic E-state index is 0.0107. The van der Waals surface area contributed by atoms with E-state index in [2.05, 4.69) is 5.32 Å². The van der Waals surface area contributed by atoms with Gasteiger partial charge in [-0.25, -0.2) is 8.78 Å². The standard InChI is InChI=1S/C19H18F2N2O3/c1-2-26-17-6-4-3-5-16(17)23-11-12(9-18(23)24)19(25)22-15-10-13(20)7-8-14(15)21/h3-8,10,12H,2,9,11H2,1H3,(H,22,25). The molecular weight excluding hydrogens is 342 g/mol. The third-order valence-electron chi connectivity index (χ3n) is 4.14. The topological polar surface area (TPSA) is 58.6 Å². The number of hydrogen-bond donors (Lipinski definition) is 1. The predicted molar refractivity (Wildman–Crippen MR) is 93.1 cm³/mol. The Balaban J connectivity index is 1.75. The van der Waals surface area contributed by atoms with Crippen LogP contribution in [0.4, 0.5) is 20.2 Å². The van der Waals surface area contributed by atoms with E-state index >= 15 is 0 Å². The first kappa shape index (κ1) is 17.8. The molecule has 2 amide bonds. The molecule has 2 aromatic rings. The molecule has 0 aromatic heterocycles. The van der Waals surface area contributed by atoms with Gasteiger partial charge in [0.1, 0.15) is 17.4 Å². The second kappa shape index (κ2) is 7.51. The fourth-order valence-corrected chi connectivity index (χ4v) is 2.90. The molecule has 0 bridgehead atoms. The monoisotopic (exact) mass is 360 g/mol. The summed E-state index contributed by atoms with van der Waals surface area (Å²) < 4.78 is 32.5. The van der Waals surface area contributed by atoms with Crippen LogP contribution in [-0.4, -0.2) is 25.0 Å². The van der Waals surface area contributed by atoms with Crippen molar-refractivity contribution in [1.82, 2.24) is 0 Å². The van der Waals surface area contributed by atoms with Crippen molar-refractivity contribution in [2.75, 3.05) is 23.4 Å². The molecule has 0 saturated carbocycles. The van der Waals surface area contributed by atoms with E-state index in [0.29, 0.717) is 18.0 Å². The van der Waals surface area contributed by atoms with Crippen molar-refractivity contribution in [2.45, 2.75) is 13.3 Å². The van der Waals surface area contributed by atoms with Crippen LogP contribution in [0.25, 0.3) is 0 Å². The molecular formula is C19H18F2N2O3. The summed E-state index contributed by atoms with van der Waals surface area (Å²) in [6.45, 7) is 2.43. The normalized spacial score (nSPS) is 16.7. The Bertz CT molecular complexity index is 841. The molecule has 5 nitrogen and oxygen atoms in total. The predicted octanol–water partition coefficient (Wildman–Crippen LogP) is 3.36. The molecule has 1 aliphatic rings. The number of amides is 2. The molecule has 0 aliphatic carbocycles. The van der Waals surface area contributed by atoms with Crippen molar-refractivity contribution in [3.05, 3.63) is 54.1 Å². The second-order valence-electron chi connectivity index (χ2n) is 5.92. The molecule has 1 N–H and O–H groups in total. The third-order valence-corrected chi connectivity index (χ3v) is 4.14. The summed E-state index contributed by atoms with van der Waals surface area (Å²) in [6, 6.07) is 9.89. The van der Waals surface area contributed by atoms with Gasteiger partial charge in [0.2, 0.25) is 11.8 Å². The Labute approximate surface area is 149 Å². The molecule has 1 unspecified atom stereocenters. The molecule has 3 rings (SSSR count). The van der Waals surface area contributed by atoms with E-state index in [9.17, 15) is 18.4 Å². The van der Waals surface area contributed by atoms with Gasteiger partial charge in [0, 0.05) is 19.0 Å². The molecule has 0 spiro atoms. The number of nitrogens with one attached hydrogen (secondary N) is 1. The highest BCUT2D eigenvalue weighted by Gasteiger charge is 2.36. The first-order valence-electron chi connectivity index (χ1n) is 8.27. The number of para-hydroxylation sites is 2. The van der Waals surface area contributed by atoms with E-state index < -0.39 is 23.5 Å². The van der Waals surface area contributed by atoms with Crippen LogP contribution in [0.1, 0.15) is 13.3 Å². The SMILES string of the molecule is CCOc1ccccc1N1CC(C(=O)Nc2cc(F)ccc2F)CC1=O. The molecule has 1 heterocycles. The van der Waals surface area contributed by atoms with Crippen LogP contribution in [0, 0.1) is 17.6 Å². The number of anilines is 2. The zero-order chi connectivity index (χ0) is 18.7. The average molecular weight is 360 g/mol. The summed E-state index contributed by atoms with van der Waals surface area (Å²) >= 11 is 0. The number of nitrogens with zero attached hydrogens (tertiary/aromatic N) is 1. The number of benzene rings is 2. The number of halogens is 2. The van der Waals surface area contributed by atoms with Gasteiger partial charge in [0.05, 0.1) is 23.9 Å². The van der Waals surface area contributed by atoms with E-state index in [1.807, 2.05) is 6.92 Å². The minimum Gasteiger partial charge on any atom is -0.492 e. The van der Waals surface area contributed by atoms with Crippen molar-refractivity contribution in [3.8, 4) is 5.75 Å². The fourth-order valence-electron chi connectivity index (χ4n) is 2.90. The molecule has 1 fully saturated rings. The van der Waals surface area contributed by atoms with Gasteiger partial charge in [-0.05, 0) is 31.2 Å². The summed E-state index contributed by atoms with van der Waals surface area (Å²) in [5, 5.41) is 2.36. The minimum atomic E-state index is -0.734. The number of hydrogen-bond acceptors (Lipinski definition) is 3. The average Bonchev–Trinajstić information content (AvgIpc) is 3.01. The van der Waals surface area contributed by atoms with Gasteiger partial charge in [0.25, 0.3) is 0 Å². The maximum Gasteiger partial charge on any atom is 0.229 e. The summed E-state index contributed by atoms with van der Waals surface area (Å²) in [5.74, 6) is -2.25. The van der Waals surface area contributed by atoms with E-state index in [1.54, 1.807) is 24.3 Å². The van der Waals surface area contributed by atoms with Gasteiger partial charge in [-0.2, -0.15) is 0 Å². The van der Waals surface area contributed by atoms with Crippen LogP contribution in [0.15, 0.2) is 42.5 Å². The van der Waals surface area contributed by atoms with Crippen LogP contribution < -0.4 is 15.0 Å². The molecule has 26 heavy (non-hydrogen) atoms. The maximum atomic E-state index is 13.7.